The van der Waals surface area contributed by atoms with Gasteiger partial charge in [0.15, 0.2) is 6.10 Å². The molecular weight excluding hydrogens is 1160 g/mol. The van der Waals surface area contributed by atoms with E-state index in [4.69, 9.17) is 18.9 Å². The summed E-state index contributed by atoms with van der Waals surface area (Å²) in [6.07, 6.45) is 98.2. The van der Waals surface area contributed by atoms with Gasteiger partial charge < -0.3 is 28.5 Å². The van der Waals surface area contributed by atoms with E-state index in [1.165, 1.54) is 308 Å². The van der Waals surface area contributed by atoms with Gasteiger partial charge in [-0.25, -0.2) is 4.79 Å². The smallest absolute Gasteiger partial charge is 0.361 e. The van der Waals surface area contributed by atoms with Crippen molar-refractivity contribution < 1.29 is 42.9 Å². The van der Waals surface area contributed by atoms with Gasteiger partial charge in [0.25, 0.3) is 6.29 Å². The number of carboxylic acid groups (broad SMARTS) is 1. The van der Waals surface area contributed by atoms with Gasteiger partial charge in [-0.15, -0.1) is 0 Å². The Labute approximate surface area is 584 Å². The second kappa shape index (κ2) is 75.8. The third kappa shape index (κ3) is 76.4. The van der Waals surface area contributed by atoms with Gasteiger partial charge in [-0.1, -0.05) is 396 Å². The van der Waals surface area contributed by atoms with Gasteiger partial charge in [0.05, 0.1) is 34.4 Å². The first kappa shape index (κ1) is 91.0. The Bertz CT molecular complexity index is 1730. The van der Waals surface area contributed by atoms with Gasteiger partial charge in [-0.3, -0.25) is 9.59 Å². The fraction of sp³-hybridized carbons (Fsp3) is 0.847. The molecule has 0 bridgehead atoms. The number of nitrogens with zero attached hydrogens (tertiary/aromatic N) is 1. The molecule has 0 aromatic rings. The number of likely N-dealkylation sites (N-methyl/N-ethyl adjacent to an activating group) is 1. The molecule has 0 saturated heterocycles. The molecule has 9 heteroatoms. The van der Waals surface area contributed by atoms with Crippen LogP contribution >= 0.6 is 0 Å². The number of carboxylic acids is 1. The SMILES string of the molecule is CC/C=C\C/C=C\C/C=C\C/C=C\C/C=C\CCCCCCCCCCCCCCCCCC(=O)OC(COC(=O)CCCCCCCCCCCCCCCCCCCCCCCCCCCCCCCCCCCCCCCC)COC(OCC[N+](C)(C)C)C(=O)O. The molecule has 550 valence electrons. The van der Waals surface area contributed by atoms with Crippen LogP contribution in [0.4, 0.5) is 0 Å². The Kier molecular flexibility index (Phi) is 73.3. The van der Waals surface area contributed by atoms with E-state index in [0.29, 0.717) is 17.4 Å². The van der Waals surface area contributed by atoms with Gasteiger partial charge in [0, 0.05) is 12.8 Å². The topological polar surface area (TPSA) is 108 Å². The fourth-order valence-electron chi connectivity index (χ4n) is 12.3. The van der Waals surface area contributed by atoms with Crippen molar-refractivity contribution in [1.82, 2.24) is 0 Å². The van der Waals surface area contributed by atoms with Crippen LogP contribution < -0.4 is 0 Å². The Morgan fingerprint density at radius 3 is 0.904 bits per heavy atom. The molecule has 0 spiro atoms. The molecule has 0 aromatic carbocycles. The summed E-state index contributed by atoms with van der Waals surface area (Å²) in [5.74, 6) is -1.98. The molecule has 9 nitrogen and oxygen atoms in total. The highest BCUT2D eigenvalue weighted by atomic mass is 16.7. The first-order chi connectivity index (χ1) is 46.1. The number of aliphatic carboxylic acids is 1. The summed E-state index contributed by atoms with van der Waals surface area (Å²) in [5, 5.41) is 9.78. The van der Waals surface area contributed by atoms with Gasteiger partial charge in [0.1, 0.15) is 13.2 Å². The van der Waals surface area contributed by atoms with E-state index in [9.17, 15) is 19.5 Å². The average molecular weight is 1320 g/mol. The van der Waals surface area contributed by atoms with Crippen molar-refractivity contribution in [1.29, 1.82) is 0 Å². The minimum Gasteiger partial charge on any atom is -0.477 e. The van der Waals surface area contributed by atoms with Crippen molar-refractivity contribution in [2.24, 2.45) is 0 Å². The van der Waals surface area contributed by atoms with Gasteiger partial charge in [0.2, 0.25) is 0 Å². The maximum atomic E-state index is 13.0. The van der Waals surface area contributed by atoms with E-state index in [1.54, 1.807) is 0 Å². The van der Waals surface area contributed by atoms with E-state index >= 15 is 0 Å². The highest BCUT2D eigenvalue weighted by Crippen LogP contribution is 2.20. The molecule has 0 amide bonds. The number of hydrogen-bond donors (Lipinski definition) is 1. The molecular formula is C85H158NO8+. The number of esters is 2. The molecule has 0 saturated carbocycles. The van der Waals surface area contributed by atoms with Crippen LogP contribution in [0.15, 0.2) is 60.8 Å². The van der Waals surface area contributed by atoms with Crippen LogP contribution in [0.1, 0.15) is 406 Å². The molecule has 0 rings (SSSR count). The first-order valence-electron chi connectivity index (χ1n) is 41.0. The van der Waals surface area contributed by atoms with Gasteiger partial charge in [-0.05, 0) is 57.8 Å². The van der Waals surface area contributed by atoms with E-state index in [0.717, 1.165) is 70.6 Å². The zero-order valence-electron chi connectivity index (χ0n) is 63.1. The number of unbranched alkanes of at least 4 members (excludes halogenated alkanes) is 52. The second-order valence-corrected chi connectivity index (χ2v) is 29.1. The maximum absolute atomic E-state index is 13.0. The van der Waals surface area contributed by atoms with Gasteiger partial charge in [-0.2, -0.15) is 0 Å². The number of rotatable bonds is 77. The highest BCUT2D eigenvalue weighted by Gasteiger charge is 2.25. The molecule has 2 atom stereocenters. The predicted molar refractivity (Wildman–Crippen MR) is 406 cm³/mol. The zero-order valence-corrected chi connectivity index (χ0v) is 63.1. The van der Waals surface area contributed by atoms with Crippen LogP contribution in [0.25, 0.3) is 0 Å². The lowest BCUT2D eigenvalue weighted by Gasteiger charge is -2.25. The summed E-state index contributed by atoms with van der Waals surface area (Å²) < 4.78 is 23.1. The molecule has 0 radical (unpaired) electrons. The normalized spacial score (nSPS) is 12.9. The lowest BCUT2D eigenvalue weighted by molar-refractivity contribution is -0.870. The highest BCUT2D eigenvalue weighted by molar-refractivity contribution is 5.71. The molecule has 0 aromatic heterocycles. The van der Waals surface area contributed by atoms with E-state index < -0.39 is 18.4 Å². The Balaban J connectivity index is 3.95. The molecule has 0 aliphatic rings. The molecule has 0 fully saturated rings. The van der Waals surface area contributed by atoms with Crippen LogP contribution in [0.2, 0.25) is 0 Å². The minimum atomic E-state index is -1.51. The monoisotopic (exact) mass is 1320 g/mol. The van der Waals surface area contributed by atoms with Crippen LogP contribution in [-0.2, 0) is 33.3 Å². The summed E-state index contributed by atoms with van der Waals surface area (Å²) in [6, 6.07) is 0. The van der Waals surface area contributed by atoms with Crippen LogP contribution in [0.5, 0.6) is 0 Å². The quantitative estimate of drug-likeness (QED) is 0.0211. The Morgan fingerprint density at radius 1 is 0.330 bits per heavy atom. The minimum absolute atomic E-state index is 0.178. The summed E-state index contributed by atoms with van der Waals surface area (Å²) in [5.41, 5.74) is 0. The van der Waals surface area contributed by atoms with Crippen molar-refractivity contribution in [2.45, 2.75) is 418 Å². The molecule has 1 N–H and O–H groups in total. The molecule has 0 aliphatic carbocycles. The van der Waals surface area contributed by atoms with Crippen molar-refractivity contribution in [3.63, 3.8) is 0 Å². The largest absolute Gasteiger partial charge is 0.477 e. The van der Waals surface area contributed by atoms with Crippen molar-refractivity contribution in [3.05, 3.63) is 60.8 Å². The number of quaternary nitrogens is 1. The first-order valence-corrected chi connectivity index (χ1v) is 41.0. The third-order valence-corrected chi connectivity index (χ3v) is 18.5. The van der Waals surface area contributed by atoms with E-state index in [2.05, 4.69) is 74.6 Å². The van der Waals surface area contributed by atoms with Crippen LogP contribution in [0.3, 0.4) is 0 Å². The van der Waals surface area contributed by atoms with Gasteiger partial charge >= 0.3 is 17.9 Å². The lowest BCUT2D eigenvalue weighted by Crippen LogP contribution is -2.40. The zero-order chi connectivity index (χ0) is 68.2. The van der Waals surface area contributed by atoms with Crippen molar-refractivity contribution in [2.75, 3.05) is 47.5 Å². The van der Waals surface area contributed by atoms with Crippen molar-refractivity contribution in [3.8, 4) is 0 Å². The van der Waals surface area contributed by atoms with E-state index in [-0.39, 0.29) is 38.2 Å². The average Bonchev–Trinajstić information content (AvgIpc) is 3.76. The molecule has 0 heterocycles. The molecule has 2 unspecified atom stereocenters. The summed E-state index contributed by atoms with van der Waals surface area (Å²) in [6.45, 7) is 4.83. The number of carbonyl (C=O) groups excluding carboxylic acids is 2. The number of hydrogen-bond acceptors (Lipinski definition) is 7. The van der Waals surface area contributed by atoms with E-state index in [1.807, 2.05) is 21.1 Å². The van der Waals surface area contributed by atoms with Crippen molar-refractivity contribution >= 4 is 17.9 Å². The number of ether oxygens (including phenoxy) is 4. The number of allylic oxidation sites excluding steroid dienone is 10. The number of carbonyl (C=O) groups is 3. The van der Waals surface area contributed by atoms with Crippen LogP contribution in [-0.4, -0.2) is 87.4 Å². The summed E-state index contributed by atoms with van der Waals surface area (Å²) >= 11 is 0. The summed E-state index contributed by atoms with van der Waals surface area (Å²) in [7, 11) is 6.00. The fourth-order valence-corrected chi connectivity index (χ4v) is 12.3. The predicted octanol–water partition coefficient (Wildman–Crippen LogP) is 26.2. The summed E-state index contributed by atoms with van der Waals surface area (Å²) in [4.78, 5) is 37.7. The second-order valence-electron chi connectivity index (χ2n) is 29.1. The third-order valence-electron chi connectivity index (χ3n) is 18.5. The Morgan fingerprint density at radius 2 is 0.606 bits per heavy atom. The maximum Gasteiger partial charge on any atom is 0.361 e. The molecule has 0 aliphatic heterocycles. The van der Waals surface area contributed by atoms with Crippen LogP contribution in [0, 0.1) is 0 Å². The Hall–Kier alpha value is -3.01. The standard InChI is InChI=1S/C85H157NO8/c1-6-8-10-12-14-16-18-20-22-24-26-28-30-32-34-36-38-39-40-41-42-43-44-46-47-49-51-53-55-57-59-61-63-65-67-69-71-73-75-82(87)92-79-81(80-93-85(84(89)90)91-78-77-86(3,4)5)94-83(88)76-74-72-70-68-66-64-62-60-58-56-54-52-50-48-45-37-35-33-31-29-27-25-23-21-19-17-15-13-11-9-7-2/h9,11,15,17,21,23,27,29,33,35,81,85H,6-8,10,12-14,16,18-20,22,24-26,28,30-32,34,36-80H2,1-5H3/p+1/b11-9-,17-15-,23-21-,29-27-,35-33-. The molecule has 94 heavy (non-hydrogen) atoms. The lowest BCUT2D eigenvalue weighted by atomic mass is 10.0.